The number of aryl methyl sites for hydroxylation is 6. The zero-order chi connectivity index (χ0) is 43.8. The van der Waals surface area contributed by atoms with Crippen molar-refractivity contribution in [1.29, 1.82) is 0 Å². The van der Waals surface area contributed by atoms with Gasteiger partial charge in [-0.05, 0) is 74.9 Å². The lowest BCUT2D eigenvalue weighted by molar-refractivity contribution is 0.666. The zero-order valence-corrected chi connectivity index (χ0v) is 42.0. The van der Waals surface area contributed by atoms with Crippen LogP contribution in [0.4, 0.5) is 0 Å². The molecule has 0 nitrogen and oxygen atoms in total. The topological polar surface area (TPSA) is 0 Å². The molecule has 60 heavy (non-hydrogen) atoms. The Hall–Kier alpha value is -1.20. The Bertz CT molecular complexity index is 2310. The Morgan fingerprint density at radius 1 is 0.217 bits per heavy atom. The van der Waals surface area contributed by atoms with Crippen LogP contribution in [-0.2, 0) is 0 Å². The molecule has 0 N–H and O–H groups in total. The van der Waals surface area contributed by atoms with Crippen LogP contribution in [0.5, 0.6) is 0 Å². The van der Waals surface area contributed by atoms with Gasteiger partial charge in [0.15, 0.2) is 0 Å². The first kappa shape index (κ1) is 46.8. The van der Waals surface area contributed by atoms with Crippen LogP contribution in [0.25, 0.3) is 0 Å². The van der Waals surface area contributed by atoms with Gasteiger partial charge in [-0.2, -0.15) is 0 Å². The van der Waals surface area contributed by atoms with Crippen LogP contribution in [0.2, 0.25) is 0 Å². The maximum Gasteiger partial charge on any atom is 0.0756 e. The SMILES string of the molecule is Cc1cc(C)cc(C2C(Cl)=C(Cl)C(Cl)=C(Cl)C2c2cc(C3C(Cl)=C(Cl)C(Cl)=C(Cl)C3c3cc(C)cc(C)c3)cc(C3C(Cl)=C(Cl)C(Cl)=C(Cl)C3c3cc(C)cc(C)c3)c2)c1. The monoisotopic (exact) mass is 1030 g/mol. The van der Waals surface area contributed by atoms with Gasteiger partial charge >= 0.3 is 0 Å². The van der Waals surface area contributed by atoms with Gasteiger partial charge in [0.25, 0.3) is 0 Å². The van der Waals surface area contributed by atoms with E-state index in [0.717, 1.165) is 66.8 Å². The van der Waals surface area contributed by atoms with Crippen molar-refractivity contribution in [3.63, 3.8) is 0 Å². The van der Waals surface area contributed by atoms with Gasteiger partial charge in [0.05, 0.1) is 30.2 Å². The van der Waals surface area contributed by atoms with Crippen molar-refractivity contribution >= 4 is 139 Å². The minimum Gasteiger partial charge on any atom is -0.0868 e. The van der Waals surface area contributed by atoms with Crippen LogP contribution in [0.1, 0.15) is 102 Å². The van der Waals surface area contributed by atoms with E-state index >= 15 is 0 Å². The second-order valence-corrected chi connectivity index (χ2v) is 20.7. The predicted octanol–water partition coefficient (Wildman–Crippen LogP) is 19.3. The molecule has 0 aromatic heterocycles. The van der Waals surface area contributed by atoms with Crippen LogP contribution < -0.4 is 0 Å². The molecule has 0 radical (unpaired) electrons. The summed E-state index contributed by atoms with van der Waals surface area (Å²) in [4.78, 5) is 0. The van der Waals surface area contributed by atoms with Gasteiger partial charge in [-0.1, -0.05) is 245 Å². The first-order valence-corrected chi connectivity index (χ1v) is 23.4. The standard InChI is InChI=1S/C48H36Cl12/c1-19-7-20(2)11-25(10-19)31-34(40(52)46(58)43(55)37(31)49)28-16-29(35-32(26-12-21(3)8-22(4)13-26)38(50)44(56)47(59)41(35)53)18-30(17-28)36-33(27-14-23(5)9-24(6)15-27)39(51)45(57)48(60)42(36)54/h7-18,31-36H,1-6H3. The fourth-order valence-corrected chi connectivity index (χ4v) is 12.9. The molecule has 3 aliphatic rings. The second kappa shape index (κ2) is 18.4. The number of benzene rings is 4. The van der Waals surface area contributed by atoms with E-state index in [1.807, 2.05) is 59.7 Å². The van der Waals surface area contributed by atoms with Crippen LogP contribution in [0.15, 0.2) is 133 Å². The predicted molar refractivity (Wildman–Crippen MR) is 263 cm³/mol. The molecule has 3 aliphatic carbocycles. The normalized spacial score (nSPS) is 24.1. The zero-order valence-electron chi connectivity index (χ0n) is 32.9. The molecular formula is C48H36Cl12. The largest absolute Gasteiger partial charge is 0.0868 e. The molecule has 312 valence electrons. The summed E-state index contributed by atoms with van der Waals surface area (Å²) >= 11 is 85.6. The molecule has 0 bridgehead atoms. The van der Waals surface area contributed by atoms with Crippen molar-refractivity contribution in [3.05, 3.63) is 200 Å². The molecule has 0 aliphatic heterocycles. The van der Waals surface area contributed by atoms with E-state index < -0.39 is 35.5 Å². The molecule has 0 amide bonds. The summed E-state index contributed by atoms with van der Waals surface area (Å²) in [6.45, 7) is 12.2. The van der Waals surface area contributed by atoms with Gasteiger partial charge < -0.3 is 0 Å². The average molecular weight is 1040 g/mol. The van der Waals surface area contributed by atoms with Gasteiger partial charge in [-0.15, -0.1) is 0 Å². The fraction of sp³-hybridized carbons (Fsp3) is 0.250. The molecule has 6 unspecified atom stereocenters. The molecule has 4 aromatic carbocycles. The molecule has 0 fully saturated rings. The molecule has 4 aromatic rings. The summed E-state index contributed by atoms with van der Waals surface area (Å²) in [6, 6.07) is 24.9. The molecule has 0 saturated heterocycles. The first-order valence-electron chi connectivity index (χ1n) is 18.9. The summed E-state index contributed by atoms with van der Waals surface area (Å²) in [7, 11) is 0. The number of rotatable bonds is 6. The highest BCUT2D eigenvalue weighted by Gasteiger charge is 2.44. The van der Waals surface area contributed by atoms with E-state index in [9.17, 15) is 0 Å². The van der Waals surface area contributed by atoms with Crippen molar-refractivity contribution in [2.24, 2.45) is 0 Å². The number of hydrogen-bond donors (Lipinski definition) is 0. The third kappa shape index (κ3) is 8.67. The van der Waals surface area contributed by atoms with Crippen molar-refractivity contribution in [2.45, 2.75) is 77.0 Å². The minimum absolute atomic E-state index is 0.148. The van der Waals surface area contributed by atoms with Crippen LogP contribution in [-0.4, -0.2) is 0 Å². The average Bonchev–Trinajstić information content (AvgIpc) is 3.17. The highest BCUT2D eigenvalue weighted by Crippen LogP contribution is 2.60. The molecule has 12 heteroatoms. The Kier molecular flexibility index (Phi) is 14.3. The number of allylic oxidation sites excluding steroid dienone is 12. The van der Waals surface area contributed by atoms with Gasteiger partial charge in [-0.3, -0.25) is 0 Å². The van der Waals surface area contributed by atoms with Gasteiger partial charge in [-0.25, -0.2) is 0 Å². The van der Waals surface area contributed by atoms with Crippen molar-refractivity contribution in [1.82, 2.24) is 0 Å². The van der Waals surface area contributed by atoms with Gasteiger partial charge in [0.1, 0.15) is 0 Å². The lowest BCUT2D eigenvalue weighted by Crippen LogP contribution is -2.23. The summed E-state index contributed by atoms with van der Waals surface area (Å²) < 4.78 is 0. The van der Waals surface area contributed by atoms with Crippen molar-refractivity contribution in [2.75, 3.05) is 0 Å². The Balaban J connectivity index is 1.59. The second-order valence-electron chi connectivity index (χ2n) is 16.0. The van der Waals surface area contributed by atoms with E-state index in [0.29, 0.717) is 30.2 Å². The quantitative estimate of drug-likeness (QED) is 0.181. The highest BCUT2D eigenvalue weighted by molar-refractivity contribution is 6.53. The summed E-state index contributed by atoms with van der Waals surface area (Å²) in [5.41, 5.74) is 11.2. The smallest absolute Gasteiger partial charge is 0.0756 e. The minimum atomic E-state index is -0.638. The molecule has 0 saturated carbocycles. The van der Waals surface area contributed by atoms with Crippen molar-refractivity contribution < 1.29 is 0 Å². The number of hydrogen-bond acceptors (Lipinski definition) is 0. The highest BCUT2D eigenvalue weighted by atomic mass is 35.5. The molecular weight excluding hydrogens is 1000 g/mol. The Morgan fingerprint density at radius 3 is 0.500 bits per heavy atom. The van der Waals surface area contributed by atoms with Gasteiger partial charge in [0.2, 0.25) is 0 Å². The lowest BCUT2D eigenvalue weighted by Gasteiger charge is -2.37. The summed E-state index contributed by atoms with van der Waals surface area (Å²) in [5.74, 6) is -3.54. The molecule has 0 spiro atoms. The Labute approximate surface area is 412 Å². The van der Waals surface area contributed by atoms with E-state index in [2.05, 4.69) is 54.6 Å². The Morgan fingerprint density at radius 2 is 0.350 bits per heavy atom. The first-order chi connectivity index (χ1) is 28.2. The lowest BCUT2D eigenvalue weighted by atomic mass is 9.71. The van der Waals surface area contributed by atoms with E-state index in [1.165, 1.54) is 0 Å². The van der Waals surface area contributed by atoms with Crippen LogP contribution in [0, 0.1) is 41.5 Å². The molecule has 0 heterocycles. The van der Waals surface area contributed by atoms with Gasteiger partial charge in [0, 0.05) is 65.7 Å². The number of halogens is 12. The summed E-state index contributed by atoms with van der Waals surface area (Å²) in [6.07, 6.45) is 0. The van der Waals surface area contributed by atoms with E-state index in [1.54, 1.807) is 0 Å². The maximum absolute atomic E-state index is 7.40. The summed E-state index contributed by atoms with van der Waals surface area (Å²) in [5, 5.41) is 2.95. The van der Waals surface area contributed by atoms with E-state index in [-0.39, 0.29) is 30.2 Å². The maximum atomic E-state index is 7.40. The third-order valence-corrected chi connectivity index (χ3v) is 17.1. The third-order valence-electron chi connectivity index (χ3n) is 11.4. The molecule has 6 atom stereocenters. The van der Waals surface area contributed by atoms with Crippen LogP contribution in [0.3, 0.4) is 0 Å². The van der Waals surface area contributed by atoms with Crippen molar-refractivity contribution in [3.8, 4) is 0 Å². The van der Waals surface area contributed by atoms with E-state index in [4.69, 9.17) is 139 Å². The fourth-order valence-electron chi connectivity index (χ4n) is 9.17. The molecule has 7 rings (SSSR count). The van der Waals surface area contributed by atoms with Crippen LogP contribution >= 0.6 is 139 Å².